The number of halogens is 6. The third-order valence-corrected chi connectivity index (χ3v) is 10.2. The summed E-state index contributed by atoms with van der Waals surface area (Å²) in [5.74, 6) is -2.31. The van der Waals surface area contributed by atoms with Gasteiger partial charge < -0.3 is 9.29 Å². The van der Waals surface area contributed by atoms with E-state index in [0.29, 0.717) is 5.56 Å². The Kier molecular flexibility index (Phi) is 9.46. The zero-order valence-corrected chi connectivity index (χ0v) is 27.3. The van der Waals surface area contributed by atoms with Crippen molar-refractivity contribution in [1.82, 2.24) is 0 Å². The molecule has 2 aliphatic carbocycles. The summed E-state index contributed by atoms with van der Waals surface area (Å²) < 4.78 is 138. The second-order valence-electron chi connectivity index (χ2n) is 11.1. The summed E-state index contributed by atoms with van der Waals surface area (Å²) in [6.07, 6.45) is -6.61. The molecular weight excluding hydrogens is 723 g/mol. The van der Waals surface area contributed by atoms with Crippen LogP contribution < -0.4 is 15.2 Å². The van der Waals surface area contributed by atoms with E-state index < -0.39 is 89.4 Å². The van der Waals surface area contributed by atoms with Gasteiger partial charge in [0.2, 0.25) is 0 Å². The average molecular weight is 741 g/mol. The fraction of sp³-hybridized carbons (Fsp3) is 0.176. The Hall–Kier alpha value is -5.72. The van der Waals surface area contributed by atoms with Crippen LogP contribution in [0.2, 0.25) is 0 Å². The van der Waals surface area contributed by atoms with Gasteiger partial charge in [0.05, 0.1) is 16.2 Å². The van der Waals surface area contributed by atoms with E-state index >= 15 is 0 Å². The van der Waals surface area contributed by atoms with Crippen LogP contribution in [0.5, 0.6) is 5.75 Å². The van der Waals surface area contributed by atoms with Crippen LogP contribution in [0.1, 0.15) is 33.4 Å². The summed E-state index contributed by atoms with van der Waals surface area (Å²) in [7, 11) is -6.40. The number of sulfone groups is 1. The smallest absolute Gasteiger partial charge is 0.406 e. The van der Waals surface area contributed by atoms with Crippen molar-refractivity contribution in [2.24, 2.45) is 0 Å². The molecular formula is C34H18F6N4O5S2. The molecule has 0 aromatic heterocycles. The van der Waals surface area contributed by atoms with E-state index in [2.05, 4.69) is 14.4 Å². The topological polar surface area (TPSA) is 137 Å². The van der Waals surface area contributed by atoms with Crippen LogP contribution in [0.3, 0.4) is 0 Å². The van der Waals surface area contributed by atoms with Gasteiger partial charge in [-0.05, 0) is 75.2 Å². The molecule has 0 amide bonds. The van der Waals surface area contributed by atoms with Gasteiger partial charge in [0, 0.05) is 11.6 Å². The zero-order valence-electron chi connectivity index (χ0n) is 25.7. The van der Waals surface area contributed by atoms with Crippen molar-refractivity contribution in [1.29, 1.82) is 10.5 Å². The van der Waals surface area contributed by atoms with Gasteiger partial charge in [-0.2, -0.15) is 33.4 Å². The molecule has 258 valence electrons. The summed E-state index contributed by atoms with van der Waals surface area (Å²) in [4.78, 5) is 5.10. The second-order valence-corrected chi connectivity index (χ2v) is 13.9. The minimum absolute atomic E-state index is 0.118. The number of allylic oxidation sites excluding steroid dienone is 3. The highest BCUT2D eigenvalue weighted by Gasteiger charge is 2.51. The van der Waals surface area contributed by atoms with Crippen LogP contribution in [0.4, 0.5) is 26.3 Å². The number of hydrogen-bond donors (Lipinski definition) is 1. The molecule has 0 heterocycles. The fourth-order valence-corrected chi connectivity index (χ4v) is 8.14. The molecule has 0 saturated heterocycles. The Labute approximate surface area is 288 Å². The fourth-order valence-electron chi connectivity index (χ4n) is 6.35. The van der Waals surface area contributed by atoms with Gasteiger partial charge in [-0.15, -0.1) is 13.2 Å². The van der Waals surface area contributed by atoms with E-state index in [1.165, 1.54) is 24.3 Å². The number of aryl methyl sites for hydroxylation is 1. The van der Waals surface area contributed by atoms with Gasteiger partial charge in [-0.3, -0.25) is 0 Å². The number of rotatable bonds is 6. The van der Waals surface area contributed by atoms with Crippen LogP contribution in [-0.2, 0) is 39.5 Å². The lowest BCUT2D eigenvalue weighted by Gasteiger charge is -2.17. The van der Waals surface area contributed by atoms with E-state index in [0.717, 1.165) is 18.2 Å². The first-order valence-electron chi connectivity index (χ1n) is 14.2. The van der Waals surface area contributed by atoms with Gasteiger partial charge in [-0.1, -0.05) is 42.0 Å². The SMILES string of the molecule is [C-]#[N+]C([N+]#[C-])=C1Cc2c(CS(=O)O)c3c(c(S(=O)(=O)C(F)(F)F)c2=C1c1cccc(C)c1)CC(=C(C#N)C#N)C=3c1cccc(OC(F)(F)F)c1. The third kappa shape index (κ3) is 6.51. The Balaban J connectivity index is 2.20. The molecule has 1 N–H and O–H groups in total. The predicted octanol–water partition coefficient (Wildman–Crippen LogP) is 5.81. The van der Waals surface area contributed by atoms with E-state index in [4.69, 9.17) is 13.1 Å². The Morgan fingerprint density at radius 2 is 1.49 bits per heavy atom. The third-order valence-electron chi connectivity index (χ3n) is 8.09. The number of alkyl halides is 6. The lowest BCUT2D eigenvalue weighted by atomic mass is 9.94. The number of ether oxygens (including phenoxy) is 1. The molecule has 1 atom stereocenters. The quantitative estimate of drug-likeness (QED) is 0.146. The minimum atomic E-state index is -6.40. The molecule has 3 aromatic carbocycles. The molecule has 0 bridgehead atoms. The Morgan fingerprint density at radius 1 is 0.922 bits per heavy atom. The summed E-state index contributed by atoms with van der Waals surface area (Å²) in [5.41, 5.74) is -8.53. The van der Waals surface area contributed by atoms with Crippen molar-refractivity contribution in [2.75, 3.05) is 0 Å². The first kappa shape index (κ1) is 36.6. The molecule has 0 fully saturated rings. The van der Waals surface area contributed by atoms with Gasteiger partial charge >= 0.3 is 17.7 Å². The van der Waals surface area contributed by atoms with Crippen LogP contribution in [0.15, 0.2) is 76.0 Å². The van der Waals surface area contributed by atoms with Crippen molar-refractivity contribution in [2.45, 2.75) is 42.3 Å². The maximum Gasteiger partial charge on any atom is 0.573 e. The molecule has 0 aliphatic heterocycles. The lowest BCUT2D eigenvalue weighted by Crippen LogP contribution is -2.36. The maximum absolute atomic E-state index is 14.7. The molecule has 0 radical (unpaired) electrons. The highest BCUT2D eigenvalue weighted by atomic mass is 32.2. The maximum atomic E-state index is 14.7. The molecule has 0 saturated carbocycles. The average Bonchev–Trinajstić information content (AvgIpc) is 3.61. The minimum Gasteiger partial charge on any atom is -0.406 e. The molecule has 0 spiro atoms. The number of fused-ring (bicyclic) bond motifs is 2. The molecule has 1 unspecified atom stereocenters. The predicted molar refractivity (Wildman–Crippen MR) is 169 cm³/mol. The normalized spacial score (nSPS) is 14.5. The van der Waals surface area contributed by atoms with E-state index in [1.807, 2.05) is 0 Å². The van der Waals surface area contributed by atoms with Gasteiger partial charge in [-0.25, -0.2) is 12.6 Å². The van der Waals surface area contributed by atoms with Crippen molar-refractivity contribution in [3.05, 3.63) is 138 Å². The standard InChI is InChI=1S/C34H18F6N4O5S2/c1-17-6-4-7-18(10-17)28-25(32(43-2)44-3)13-23-26(16-50(45)46)29-24(31(30(23)28)51(47,48)34(38,39)40)12-22(20(14-41)15-42)27(29)19-8-5-9-21(11-19)49-33(35,36)37/h4-11H,12-13,16H2,1H3,(H,45,46). The number of nitriles is 2. The zero-order chi connectivity index (χ0) is 37.6. The van der Waals surface area contributed by atoms with Crippen LogP contribution in [0.25, 0.3) is 20.8 Å². The Morgan fingerprint density at radius 3 is 2.02 bits per heavy atom. The molecule has 5 rings (SSSR count). The van der Waals surface area contributed by atoms with Crippen molar-refractivity contribution < 1.29 is 48.3 Å². The van der Waals surface area contributed by atoms with Gasteiger partial charge in [0.25, 0.3) is 9.84 Å². The lowest BCUT2D eigenvalue weighted by molar-refractivity contribution is -0.274. The molecule has 3 aromatic rings. The van der Waals surface area contributed by atoms with Crippen LogP contribution >= 0.6 is 0 Å². The van der Waals surface area contributed by atoms with E-state index in [1.54, 1.807) is 25.1 Å². The van der Waals surface area contributed by atoms with Crippen LogP contribution in [-0.4, -0.2) is 29.1 Å². The summed E-state index contributed by atoms with van der Waals surface area (Å²) in [5, 5.41) is 18.7. The summed E-state index contributed by atoms with van der Waals surface area (Å²) >= 11 is -2.80. The highest BCUT2D eigenvalue weighted by molar-refractivity contribution is 7.92. The summed E-state index contributed by atoms with van der Waals surface area (Å²) in [6, 6.07) is 13.2. The monoisotopic (exact) mass is 740 g/mol. The van der Waals surface area contributed by atoms with Crippen molar-refractivity contribution in [3.8, 4) is 17.9 Å². The Bertz CT molecular complexity index is 2530. The van der Waals surface area contributed by atoms with Crippen molar-refractivity contribution in [3.63, 3.8) is 0 Å². The highest BCUT2D eigenvalue weighted by Crippen LogP contribution is 2.42. The second kappa shape index (κ2) is 13.2. The molecule has 2 aliphatic rings. The van der Waals surface area contributed by atoms with Crippen LogP contribution in [0, 0.1) is 42.7 Å². The van der Waals surface area contributed by atoms with Crippen molar-refractivity contribution >= 4 is 32.1 Å². The largest absolute Gasteiger partial charge is 0.573 e. The van der Waals surface area contributed by atoms with Gasteiger partial charge in [0.1, 0.15) is 36.6 Å². The number of hydrogen-bond acceptors (Lipinski definition) is 6. The molecule has 51 heavy (non-hydrogen) atoms. The first-order chi connectivity index (χ1) is 23.9. The molecule has 17 heteroatoms. The van der Waals surface area contributed by atoms with E-state index in [-0.39, 0.29) is 44.5 Å². The first-order valence-corrected chi connectivity index (χ1v) is 16.9. The summed E-state index contributed by atoms with van der Waals surface area (Å²) in [6.45, 7) is 16.9. The van der Waals surface area contributed by atoms with Gasteiger partial charge in [0.15, 0.2) is 11.1 Å². The number of benzene rings is 3. The molecule has 9 nitrogen and oxygen atoms in total. The number of nitrogens with zero attached hydrogens (tertiary/aromatic N) is 4. The van der Waals surface area contributed by atoms with E-state index in [9.17, 15) is 54.0 Å².